The second kappa shape index (κ2) is 22.4. The second-order valence-corrected chi connectivity index (χ2v) is 30.4. The van der Waals surface area contributed by atoms with Crippen molar-refractivity contribution in [2.24, 2.45) is 0 Å². The summed E-state index contributed by atoms with van der Waals surface area (Å²) in [5.41, 5.74) is 29.0. The van der Waals surface area contributed by atoms with Gasteiger partial charge in [-0.15, -0.1) is 11.8 Å². The highest BCUT2D eigenvalue weighted by Crippen LogP contribution is 2.59. The lowest BCUT2D eigenvalue weighted by Gasteiger charge is -2.29. The molecule has 12 aromatic rings. The van der Waals surface area contributed by atoms with Gasteiger partial charge in [0.1, 0.15) is 11.4 Å². The van der Waals surface area contributed by atoms with E-state index in [0.717, 1.165) is 50.6 Å². The zero-order valence-corrected chi connectivity index (χ0v) is 55.4. The molecular formula is C87H71NO2S2. The Balaban J connectivity index is 0.000000153. The van der Waals surface area contributed by atoms with Gasteiger partial charge < -0.3 is 9.47 Å². The van der Waals surface area contributed by atoms with E-state index in [1.807, 2.05) is 53.9 Å². The van der Waals surface area contributed by atoms with Crippen LogP contribution in [-0.2, 0) is 21.2 Å². The number of fused-ring (bicyclic) bond motifs is 20. The average Bonchev–Trinajstić information content (AvgIpc) is 0.873. The molecule has 0 spiro atoms. The summed E-state index contributed by atoms with van der Waals surface area (Å²) in [5, 5.41) is 9.89. The second-order valence-electron chi connectivity index (χ2n) is 27.7. The number of ether oxygens (including phenoxy) is 2. The summed E-state index contributed by atoms with van der Waals surface area (Å²) in [7, 11) is 0. The first-order valence-corrected chi connectivity index (χ1v) is 33.6. The Morgan fingerprint density at radius 1 is 0.337 bits per heavy atom. The van der Waals surface area contributed by atoms with Crippen LogP contribution in [0.2, 0.25) is 0 Å². The summed E-state index contributed by atoms with van der Waals surface area (Å²) >= 11 is 3.87. The summed E-state index contributed by atoms with van der Waals surface area (Å²) in [6.45, 7) is 22.8. The molecule has 2 heterocycles. The molecule has 0 saturated heterocycles. The normalized spacial score (nSPS) is 14.0. The van der Waals surface area contributed by atoms with Crippen LogP contribution in [0, 0.1) is 11.3 Å². The van der Waals surface area contributed by atoms with E-state index in [-0.39, 0.29) is 15.6 Å². The Morgan fingerprint density at radius 3 is 1.21 bits per heavy atom. The molecule has 0 N–H and O–H groups in total. The predicted molar refractivity (Wildman–Crippen MR) is 386 cm³/mol. The molecule has 92 heavy (non-hydrogen) atoms. The van der Waals surface area contributed by atoms with E-state index >= 15 is 0 Å². The Hall–Kier alpha value is -9.57. The Bertz CT molecular complexity index is 5040. The fourth-order valence-corrected chi connectivity index (χ4v) is 17.2. The topological polar surface area (TPSA) is 42.2 Å². The maximum Gasteiger partial charge on any atom is 0.177 e. The number of nitriles is 1. The molecule has 2 aliphatic heterocycles. The van der Waals surface area contributed by atoms with E-state index in [0.29, 0.717) is 5.56 Å². The lowest BCUT2D eigenvalue weighted by molar-refractivity contribution is 0.111. The van der Waals surface area contributed by atoms with E-state index in [4.69, 9.17) is 9.47 Å². The van der Waals surface area contributed by atoms with Crippen molar-refractivity contribution in [1.82, 2.24) is 0 Å². The maximum atomic E-state index is 9.89. The molecule has 0 fully saturated rings. The molecule has 0 radical (unpaired) electrons. The van der Waals surface area contributed by atoms with Gasteiger partial charge in [0.25, 0.3) is 0 Å². The van der Waals surface area contributed by atoms with E-state index in [1.54, 1.807) is 0 Å². The molecule has 0 amide bonds. The number of rotatable bonds is 2. The van der Waals surface area contributed by atoms with Crippen molar-refractivity contribution in [1.29, 1.82) is 5.26 Å². The summed E-state index contributed by atoms with van der Waals surface area (Å²) < 4.78 is 13.5. The number of nitrogens with zero attached hydrogens (tertiary/aromatic N) is 1. The van der Waals surface area contributed by atoms with Crippen LogP contribution in [0.5, 0.6) is 17.2 Å². The first-order valence-electron chi connectivity index (χ1n) is 31.9. The quantitative estimate of drug-likeness (QED) is 0.173. The zero-order valence-electron chi connectivity index (χ0n) is 53.8. The monoisotopic (exact) mass is 1230 g/mol. The Labute approximate surface area is 550 Å². The SMILES string of the molecule is CC(C)(C)c1cc2c(cc1-c1cccc3c1Oc1ccccc1C(C)(C)O3)-c1ccccc1-c1ccccc1-c1ccccc1-2.CC(C)(C)c1cc2c(cc1-c1cccc3c1Sc1ccccc1C(C)(C)S3)-c1ccccc1-c1cc(C#N)ccc1-c1ccccc1-2. The van der Waals surface area contributed by atoms with Gasteiger partial charge in [-0.25, -0.2) is 0 Å². The van der Waals surface area contributed by atoms with Crippen LogP contribution >= 0.6 is 23.5 Å². The first kappa shape index (κ1) is 58.8. The van der Waals surface area contributed by atoms with Gasteiger partial charge in [-0.05, 0) is 222 Å². The van der Waals surface area contributed by atoms with Gasteiger partial charge in [0.2, 0.25) is 0 Å². The third-order valence-corrected chi connectivity index (χ3v) is 21.4. The molecule has 448 valence electrons. The number of para-hydroxylation sites is 2. The average molecular weight is 1230 g/mol. The van der Waals surface area contributed by atoms with E-state index in [2.05, 4.69) is 294 Å². The van der Waals surface area contributed by atoms with Crippen molar-refractivity contribution in [3.05, 3.63) is 277 Å². The van der Waals surface area contributed by atoms with Crippen LogP contribution in [0.1, 0.15) is 97.1 Å². The van der Waals surface area contributed by atoms with Crippen molar-refractivity contribution >= 4 is 23.5 Å². The summed E-state index contributed by atoms with van der Waals surface area (Å²) in [5.74, 6) is 2.33. The van der Waals surface area contributed by atoms with Gasteiger partial charge in [-0.2, -0.15) is 5.26 Å². The lowest BCUT2D eigenvalue weighted by atomic mass is 9.75. The standard InChI is InChI=1S/C44H35NS2.C43H36O2/c1-43(2,3)39-25-36-29-14-7-6-13-28(29)32-22-21-27(26-45)23-34(32)30-15-8-9-16-31(30)35(36)24-37(39)33-17-12-20-41-42(33)46-40-19-11-10-18-38(40)44(4,5)47-41;1-42(2,3)38-26-35-32-20-11-9-18-30(32)28-16-7-6-15-27(28)29-17-8-10-19-31(29)34(35)25-36(38)33-21-14-24-40-41(33)44-39-23-13-12-22-37(39)43(4,5)45-40/h6-25H,1-5H3;6-26H,1-5H3. The minimum absolute atomic E-state index is 0.0509. The molecule has 0 saturated carbocycles. The van der Waals surface area contributed by atoms with E-state index in [9.17, 15) is 5.26 Å². The van der Waals surface area contributed by atoms with Crippen molar-refractivity contribution in [2.45, 2.75) is 105 Å². The van der Waals surface area contributed by atoms with Crippen molar-refractivity contribution in [2.75, 3.05) is 0 Å². The molecule has 3 nitrogen and oxygen atoms in total. The molecule has 5 heteroatoms. The maximum absolute atomic E-state index is 9.89. The number of benzene rings is 12. The fourth-order valence-electron chi connectivity index (χ4n) is 14.4. The molecule has 12 aromatic carbocycles. The zero-order chi connectivity index (χ0) is 63.4. The van der Waals surface area contributed by atoms with E-state index in [1.165, 1.54) is 115 Å². The van der Waals surface area contributed by atoms with Crippen molar-refractivity contribution in [3.8, 4) is 135 Å². The van der Waals surface area contributed by atoms with Crippen LogP contribution in [0.3, 0.4) is 0 Å². The largest absolute Gasteiger partial charge is 0.479 e. The molecule has 0 unspecified atom stereocenters. The third kappa shape index (κ3) is 10.1. The van der Waals surface area contributed by atoms with Crippen molar-refractivity contribution in [3.63, 3.8) is 0 Å². The van der Waals surface area contributed by atoms with Gasteiger partial charge in [0.15, 0.2) is 11.5 Å². The van der Waals surface area contributed by atoms with Gasteiger partial charge in [-0.3, -0.25) is 0 Å². The summed E-state index contributed by atoms with van der Waals surface area (Å²) in [4.78, 5) is 3.97. The van der Waals surface area contributed by atoms with Gasteiger partial charge in [-0.1, -0.05) is 241 Å². The number of thioether (sulfide) groups is 1. The molecule has 0 aromatic heterocycles. The lowest BCUT2D eigenvalue weighted by Crippen LogP contribution is -2.24. The number of hydrogen-bond donors (Lipinski definition) is 0. The summed E-state index contributed by atoms with van der Waals surface area (Å²) in [6, 6.07) is 92.5. The highest BCUT2D eigenvalue weighted by atomic mass is 32.2. The number of hydrogen-bond acceptors (Lipinski definition) is 5. The van der Waals surface area contributed by atoms with Crippen LogP contribution in [0.15, 0.2) is 263 Å². The van der Waals surface area contributed by atoms with Gasteiger partial charge >= 0.3 is 0 Å². The fraction of sp³-hybridized carbons (Fsp3) is 0.161. The van der Waals surface area contributed by atoms with Crippen LogP contribution in [-0.4, -0.2) is 0 Å². The van der Waals surface area contributed by atoms with Crippen molar-refractivity contribution < 1.29 is 9.47 Å². The minimum atomic E-state index is -0.546. The molecule has 4 aliphatic rings. The molecule has 16 rings (SSSR count). The predicted octanol–water partition coefficient (Wildman–Crippen LogP) is 25.0. The molecule has 0 atom stereocenters. The molecular weight excluding hydrogens is 1160 g/mol. The Kier molecular flexibility index (Phi) is 14.3. The van der Waals surface area contributed by atoms with Crippen LogP contribution < -0.4 is 9.47 Å². The third-order valence-electron chi connectivity index (χ3n) is 18.8. The van der Waals surface area contributed by atoms with Crippen LogP contribution in [0.25, 0.3) is 111 Å². The first-order chi connectivity index (χ1) is 44.3. The van der Waals surface area contributed by atoms with Gasteiger partial charge in [0.05, 0.1) is 11.6 Å². The Morgan fingerprint density at radius 2 is 0.707 bits per heavy atom. The van der Waals surface area contributed by atoms with Crippen LogP contribution in [0.4, 0.5) is 0 Å². The highest BCUT2D eigenvalue weighted by molar-refractivity contribution is 8.03. The smallest absolute Gasteiger partial charge is 0.177 e. The van der Waals surface area contributed by atoms with E-state index < -0.39 is 5.60 Å². The highest BCUT2D eigenvalue weighted by Gasteiger charge is 2.37. The minimum Gasteiger partial charge on any atom is -0.479 e. The molecule has 2 aliphatic carbocycles. The summed E-state index contributed by atoms with van der Waals surface area (Å²) in [6.07, 6.45) is 0. The van der Waals surface area contributed by atoms with Gasteiger partial charge in [0, 0.05) is 30.6 Å². The molecule has 0 bridgehead atoms.